The SMILES string of the molecule is CC.c1ccc(-c2cccc3c2-c2cccc4cccc-3c24)cc1. The molecule has 0 spiro atoms. The molecule has 1 aliphatic rings. The van der Waals surface area contributed by atoms with Gasteiger partial charge in [0.1, 0.15) is 0 Å². The summed E-state index contributed by atoms with van der Waals surface area (Å²) in [7, 11) is 0. The second kappa shape index (κ2) is 5.98. The molecule has 0 radical (unpaired) electrons. The fourth-order valence-corrected chi connectivity index (χ4v) is 3.70. The number of fused-ring (bicyclic) bond motifs is 3. The molecule has 0 amide bonds. The average molecular weight is 308 g/mol. The lowest BCUT2D eigenvalue weighted by Gasteiger charge is -2.10. The Hall–Kier alpha value is -2.86. The lowest BCUT2D eigenvalue weighted by molar-refractivity contribution is 1.50. The minimum Gasteiger partial charge on any atom is -0.0683 e. The molecule has 5 rings (SSSR count). The second-order valence-corrected chi connectivity index (χ2v) is 5.80. The van der Waals surface area contributed by atoms with Crippen LogP contribution < -0.4 is 0 Å². The molecule has 0 fully saturated rings. The molecule has 0 atom stereocenters. The first-order valence-corrected chi connectivity index (χ1v) is 8.64. The van der Waals surface area contributed by atoms with Crippen LogP contribution in [0.25, 0.3) is 44.2 Å². The Kier molecular flexibility index (Phi) is 3.66. The highest BCUT2D eigenvalue weighted by molar-refractivity contribution is 6.17. The highest BCUT2D eigenvalue weighted by Crippen LogP contribution is 2.50. The summed E-state index contributed by atoms with van der Waals surface area (Å²) in [6.07, 6.45) is 0. The van der Waals surface area contributed by atoms with Gasteiger partial charge in [0.2, 0.25) is 0 Å². The highest BCUT2D eigenvalue weighted by atomic mass is 14.3. The van der Waals surface area contributed by atoms with Crippen LogP contribution in [0.4, 0.5) is 0 Å². The van der Waals surface area contributed by atoms with E-state index >= 15 is 0 Å². The Labute approximate surface area is 143 Å². The van der Waals surface area contributed by atoms with Crippen molar-refractivity contribution in [2.24, 2.45) is 0 Å². The molecule has 24 heavy (non-hydrogen) atoms. The topological polar surface area (TPSA) is 0 Å². The minimum absolute atomic E-state index is 1.28. The fourth-order valence-electron chi connectivity index (χ4n) is 3.70. The van der Waals surface area contributed by atoms with Gasteiger partial charge in [-0.2, -0.15) is 0 Å². The molecule has 0 aliphatic heterocycles. The average Bonchev–Trinajstić information content (AvgIpc) is 3.01. The fraction of sp³-hybridized carbons (Fsp3) is 0.0833. The van der Waals surface area contributed by atoms with E-state index in [4.69, 9.17) is 0 Å². The van der Waals surface area contributed by atoms with Gasteiger partial charge in [0.05, 0.1) is 0 Å². The van der Waals surface area contributed by atoms with Crippen molar-refractivity contribution in [2.75, 3.05) is 0 Å². The molecule has 0 aromatic heterocycles. The van der Waals surface area contributed by atoms with Crippen molar-refractivity contribution in [1.29, 1.82) is 0 Å². The van der Waals surface area contributed by atoms with Gasteiger partial charge in [-0.3, -0.25) is 0 Å². The van der Waals surface area contributed by atoms with Crippen LogP contribution in [0.2, 0.25) is 0 Å². The van der Waals surface area contributed by atoms with Crippen LogP contribution in [0, 0.1) is 0 Å². The van der Waals surface area contributed by atoms with Crippen molar-refractivity contribution in [3.05, 3.63) is 84.9 Å². The second-order valence-electron chi connectivity index (χ2n) is 5.80. The third kappa shape index (κ3) is 2.07. The predicted octanol–water partition coefficient (Wildman–Crippen LogP) is 7.18. The van der Waals surface area contributed by atoms with E-state index < -0.39 is 0 Å². The van der Waals surface area contributed by atoms with E-state index in [9.17, 15) is 0 Å². The summed E-state index contributed by atoms with van der Waals surface area (Å²) in [5, 5.41) is 2.72. The molecule has 0 heterocycles. The van der Waals surface area contributed by atoms with Gasteiger partial charge in [-0.1, -0.05) is 98.8 Å². The summed E-state index contributed by atoms with van der Waals surface area (Å²) >= 11 is 0. The summed E-state index contributed by atoms with van der Waals surface area (Å²) < 4.78 is 0. The van der Waals surface area contributed by atoms with Crippen LogP contribution in [0.5, 0.6) is 0 Å². The minimum atomic E-state index is 1.28. The van der Waals surface area contributed by atoms with Crippen LogP contribution in [0.15, 0.2) is 84.9 Å². The largest absolute Gasteiger partial charge is 0.0683 e. The van der Waals surface area contributed by atoms with Crippen LogP contribution in [0.1, 0.15) is 13.8 Å². The molecule has 0 bridgehead atoms. The van der Waals surface area contributed by atoms with Crippen molar-refractivity contribution >= 4 is 10.8 Å². The number of rotatable bonds is 1. The predicted molar refractivity (Wildman–Crippen MR) is 105 cm³/mol. The van der Waals surface area contributed by atoms with Crippen molar-refractivity contribution in [1.82, 2.24) is 0 Å². The van der Waals surface area contributed by atoms with Crippen LogP contribution >= 0.6 is 0 Å². The molecule has 0 saturated heterocycles. The van der Waals surface area contributed by atoms with E-state index in [0.717, 1.165) is 0 Å². The quantitative estimate of drug-likeness (QED) is 0.307. The molecule has 0 nitrogen and oxygen atoms in total. The van der Waals surface area contributed by atoms with E-state index in [1.54, 1.807) is 0 Å². The third-order valence-electron chi connectivity index (χ3n) is 4.61. The molecule has 4 aromatic rings. The van der Waals surface area contributed by atoms with E-state index in [1.807, 2.05) is 13.8 Å². The third-order valence-corrected chi connectivity index (χ3v) is 4.61. The summed E-state index contributed by atoms with van der Waals surface area (Å²) in [4.78, 5) is 0. The summed E-state index contributed by atoms with van der Waals surface area (Å²) in [6, 6.07) is 30.6. The Bertz CT molecular complexity index is 1010. The van der Waals surface area contributed by atoms with Crippen molar-refractivity contribution < 1.29 is 0 Å². The van der Waals surface area contributed by atoms with Crippen molar-refractivity contribution in [2.45, 2.75) is 13.8 Å². The number of hydrogen-bond acceptors (Lipinski definition) is 0. The zero-order valence-corrected chi connectivity index (χ0v) is 14.1. The molecule has 0 saturated carbocycles. The van der Waals surface area contributed by atoms with E-state index in [1.165, 1.54) is 44.2 Å². The van der Waals surface area contributed by atoms with Gasteiger partial charge >= 0.3 is 0 Å². The van der Waals surface area contributed by atoms with Gasteiger partial charge in [0.25, 0.3) is 0 Å². The summed E-state index contributed by atoms with van der Waals surface area (Å²) in [6.45, 7) is 4.00. The van der Waals surface area contributed by atoms with Gasteiger partial charge in [-0.15, -0.1) is 0 Å². The normalized spacial score (nSPS) is 10.9. The van der Waals surface area contributed by atoms with Crippen LogP contribution in [-0.4, -0.2) is 0 Å². The van der Waals surface area contributed by atoms with E-state index in [-0.39, 0.29) is 0 Å². The first-order valence-electron chi connectivity index (χ1n) is 8.64. The molecular formula is C24H20. The maximum absolute atomic E-state index is 2.25. The molecule has 1 aliphatic carbocycles. The molecule has 0 unspecified atom stereocenters. The van der Waals surface area contributed by atoms with Crippen LogP contribution in [-0.2, 0) is 0 Å². The van der Waals surface area contributed by atoms with Crippen molar-refractivity contribution in [3.8, 4) is 33.4 Å². The lowest BCUT2D eigenvalue weighted by atomic mass is 9.93. The Morgan fingerprint density at radius 3 is 1.79 bits per heavy atom. The number of benzene rings is 4. The molecular weight excluding hydrogens is 288 g/mol. The highest BCUT2D eigenvalue weighted by Gasteiger charge is 2.23. The Morgan fingerprint density at radius 2 is 1.04 bits per heavy atom. The molecule has 0 N–H and O–H groups in total. The first kappa shape index (κ1) is 14.7. The summed E-state index contributed by atoms with van der Waals surface area (Å²) in [5.41, 5.74) is 8.06. The van der Waals surface area contributed by atoms with E-state index in [2.05, 4.69) is 84.9 Å². The monoisotopic (exact) mass is 308 g/mol. The van der Waals surface area contributed by atoms with E-state index in [0.29, 0.717) is 0 Å². The zero-order chi connectivity index (χ0) is 16.5. The Morgan fingerprint density at radius 1 is 0.458 bits per heavy atom. The standard InChI is InChI=1S/C22H14.C2H6/c1-2-7-15(8-3-1)17-11-6-13-19-18-12-4-9-16-10-5-14-20(21(16)18)22(17)19;1-2/h1-14H;1-2H3. The maximum atomic E-state index is 2.25. The summed E-state index contributed by atoms with van der Waals surface area (Å²) in [5.74, 6) is 0. The van der Waals surface area contributed by atoms with Gasteiger partial charge in [0, 0.05) is 0 Å². The first-order chi connectivity index (χ1) is 11.9. The van der Waals surface area contributed by atoms with Gasteiger partial charge < -0.3 is 0 Å². The smallest absolute Gasteiger partial charge is 0.00201 e. The van der Waals surface area contributed by atoms with Gasteiger partial charge in [-0.05, 0) is 44.2 Å². The van der Waals surface area contributed by atoms with Crippen LogP contribution in [0.3, 0.4) is 0 Å². The zero-order valence-electron chi connectivity index (χ0n) is 14.1. The maximum Gasteiger partial charge on any atom is -0.00201 e. The Balaban J connectivity index is 0.000000704. The van der Waals surface area contributed by atoms with Gasteiger partial charge in [-0.25, -0.2) is 0 Å². The number of hydrogen-bond donors (Lipinski definition) is 0. The molecule has 0 heteroatoms. The van der Waals surface area contributed by atoms with Gasteiger partial charge in [0.15, 0.2) is 0 Å². The lowest BCUT2D eigenvalue weighted by Crippen LogP contribution is -1.84. The van der Waals surface area contributed by atoms with Crippen molar-refractivity contribution in [3.63, 3.8) is 0 Å². The molecule has 4 aromatic carbocycles. The molecule has 116 valence electrons.